The van der Waals surface area contributed by atoms with Gasteiger partial charge in [-0.2, -0.15) is 0 Å². The van der Waals surface area contributed by atoms with Gasteiger partial charge in [0.2, 0.25) is 0 Å². The first kappa shape index (κ1) is 20.7. The molecule has 1 amide bonds. The highest BCUT2D eigenvalue weighted by molar-refractivity contribution is 7.98. The summed E-state index contributed by atoms with van der Waals surface area (Å²) in [6, 6.07) is 10.4. The molecule has 2 aliphatic heterocycles. The molecule has 1 aromatic carbocycles. The highest BCUT2D eigenvalue weighted by Crippen LogP contribution is 2.44. The normalized spacial score (nSPS) is 17.8. The van der Waals surface area contributed by atoms with E-state index in [1.165, 1.54) is 15.3 Å². The second-order valence-electron chi connectivity index (χ2n) is 6.84. The standard InChI is InChI=1S/C20H24N2O2S2.ClH/c1-25-16-4-2-3-14(11-16)13-22-19(23)17-12-15-5-10-24-20(18(15)26-17)6-8-21-9-7-20;/h2-4,11-12,21H,5-10,13H2,1H3,(H,22,23);1H. The number of halogens is 1. The van der Waals surface area contributed by atoms with Crippen LogP contribution in [0.2, 0.25) is 0 Å². The lowest BCUT2D eigenvalue weighted by molar-refractivity contribution is -0.0771. The summed E-state index contributed by atoms with van der Waals surface area (Å²) in [6.45, 7) is 3.27. The molecule has 0 aliphatic carbocycles. The molecule has 27 heavy (non-hydrogen) atoms. The third kappa shape index (κ3) is 4.35. The molecular weight excluding hydrogens is 400 g/mol. The number of fused-ring (bicyclic) bond motifs is 2. The largest absolute Gasteiger partial charge is 0.369 e. The van der Waals surface area contributed by atoms with Crippen molar-refractivity contribution in [1.82, 2.24) is 10.6 Å². The Morgan fingerprint density at radius 2 is 2.15 bits per heavy atom. The number of hydrogen-bond donors (Lipinski definition) is 2. The molecule has 1 spiro atoms. The average Bonchev–Trinajstić information content (AvgIpc) is 3.13. The fraction of sp³-hybridized carbons (Fsp3) is 0.450. The summed E-state index contributed by atoms with van der Waals surface area (Å²) in [7, 11) is 0. The maximum atomic E-state index is 12.7. The van der Waals surface area contributed by atoms with Crippen LogP contribution >= 0.6 is 35.5 Å². The predicted octanol–water partition coefficient (Wildman–Crippen LogP) is 3.97. The summed E-state index contributed by atoms with van der Waals surface area (Å²) in [4.78, 5) is 16.0. The maximum Gasteiger partial charge on any atom is 0.261 e. The minimum absolute atomic E-state index is 0. The van der Waals surface area contributed by atoms with Gasteiger partial charge in [-0.1, -0.05) is 12.1 Å². The smallest absolute Gasteiger partial charge is 0.261 e. The lowest BCUT2D eigenvalue weighted by Gasteiger charge is -2.40. The fourth-order valence-corrected chi connectivity index (χ4v) is 5.60. The molecule has 1 saturated heterocycles. The van der Waals surface area contributed by atoms with E-state index >= 15 is 0 Å². The number of ether oxygens (including phenoxy) is 1. The van der Waals surface area contributed by atoms with Gasteiger partial charge in [-0.3, -0.25) is 4.79 Å². The van der Waals surface area contributed by atoms with Gasteiger partial charge in [-0.25, -0.2) is 0 Å². The van der Waals surface area contributed by atoms with Crippen LogP contribution in [0.25, 0.3) is 0 Å². The third-order valence-corrected chi connectivity index (χ3v) is 7.28. The first-order valence-electron chi connectivity index (χ1n) is 9.09. The molecule has 0 radical (unpaired) electrons. The summed E-state index contributed by atoms with van der Waals surface area (Å²) < 4.78 is 6.22. The first-order valence-corrected chi connectivity index (χ1v) is 11.1. The van der Waals surface area contributed by atoms with Crippen LogP contribution in [0.3, 0.4) is 0 Å². The molecule has 3 heterocycles. The van der Waals surface area contributed by atoms with E-state index < -0.39 is 0 Å². The van der Waals surface area contributed by atoms with Crippen LogP contribution in [0.15, 0.2) is 35.2 Å². The molecule has 0 bridgehead atoms. The van der Waals surface area contributed by atoms with Crippen molar-refractivity contribution in [3.05, 3.63) is 51.2 Å². The Morgan fingerprint density at radius 3 is 2.93 bits per heavy atom. The lowest BCUT2D eigenvalue weighted by Crippen LogP contribution is -2.43. The highest BCUT2D eigenvalue weighted by Gasteiger charge is 2.41. The average molecular weight is 425 g/mol. The van der Waals surface area contributed by atoms with Crippen LogP contribution in [0, 0.1) is 0 Å². The van der Waals surface area contributed by atoms with Gasteiger partial charge in [-0.05, 0) is 67.9 Å². The second kappa shape index (κ2) is 8.97. The number of carbonyl (C=O) groups is 1. The molecule has 4 nitrogen and oxygen atoms in total. The van der Waals surface area contributed by atoms with Crippen molar-refractivity contribution in [3.8, 4) is 0 Å². The van der Waals surface area contributed by atoms with E-state index in [4.69, 9.17) is 4.74 Å². The molecule has 1 aromatic heterocycles. The summed E-state index contributed by atoms with van der Waals surface area (Å²) >= 11 is 3.34. The van der Waals surface area contributed by atoms with Crippen LogP contribution in [0.5, 0.6) is 0 Å². The molecule has 4 rings (SSSR count). The topological polar surface area (TPSA) is 50.4 Å². The van der Waals surface area contributed by atoms with Gasteiger partial charge in [0.1, 0.15) is 5.60 Å². The van der Waals surface area contributed by atoms with Crippen molar-refractivity contribution >= 4 is 41.4 Å². The van der Waals surface area contributed by atoms with E-state index in [9.17, 15) is 4.79 Å². The number of hydrogen-bond acceptors (Lipinski definition) is 5. The zero-order valence-corrected chi connectivity index (χ0v) is 17.8. The van der Waals surface area contributed by atoms with Gasteiger partial charge in [0.15, 0.2) is 0 Å². The molecule has 2 aromatic rings. The Kier molecular flexibility index (Phi) is 6.87. The molecule has 1 fully saturated rings. The van der Waals surface area contributed by atoms with Crippen LogP contribution < -0.4 is 10.6 Å². The van der Waals surface area contributed by atoms with Gasteiger partial charge >= 0.3 is 0 Å². The lowest BCUT2D eigenvalue weighted by atomic mass is 9.86. The number of thioether (sulfide) groups is 1. The quantitative estimate of drug-likeness (QED) is 0.729. The Bertz CT molecular complexity index is 803. The Morgan fingerprint density at radius 1 is 1.33 bits per heavy atom. The predicted molar refractivity (Wildman–Crippen MR) is 114 cm³/mol. The maximum absolute atomic E-state index is 12.7. The first-order chi connectivity index (χ1) is 12.7. The van der Waals surface area contributed by atoms with Crippen molar-refractivity contribution in [2.45, 2.75) is 36.3 Å². The Labute approximate surface area is 174 Å². The van der Waals surface area contributed by atoms with Gasteiger partial charge < -0.3 is 15.4 Å². The van der Waals surface area contributed by atoms with E-state index in [-0.39, 0.29) is 23.9 Å². The molecule has 0 unspecified atom stereocenters. The number of benzene rings is 1. The summed E-state index contributed by atoms with van der Waals surface area (Å²) in [5.74, 6) is 0.0167. The number of carbonyl (C=O) groups excluding carboxylic acids is 1. The molecule has 2 N–H and O–H groups in total. The van der Waals surface area contributed by atoms with Crippen molar-refractivity contribution in [2.24, 2.45) is 0 Å². The molecule has 0 atom stereocenters. The molecule has 2 aliphatic rings. The van der Waals surface area contributed by atoms with Crippen molar-refractivity contribution < 1.29 is 9.53 Å². The van der Waals surface area contributed by atoms with Crippen molar-refractivity contribution in [3.63, 3.8) is 0 Å². The van der Waals surface area contributed by atoms with E-state index in [1.54, 1.807) is 23.1 Å². The number of thiophene rings is 1. The van der Waals surface area contributed by atoms with E-state index in [0.29, 0.717) is 6.54 Å². The summed E-state index contributed by atoms with van der Waals surface area (Å²) in [6.07, 6.45) is 4.95. The van der Waals surface area contributed by atoms with E-state index in [0.717, 1.165) is 49.4 Å². The van der Waals surface area contributed by atoms with Crippen molar-refractivity contribution in [2.75, 3.05) is 26.0 Å². The van der Waals surface area contributed by atoms with E-state index in [1.807, 2.05) is 6.07 Å². The van der Waals surface area contributed by atoms with Crippen LogP contribution in [0.4, 0.5) is 0 Å². The molecule has 7 heteroatoms. The van der Waals surface area contributed by atoms with Crippen molar-refractivity contribution in [1.29, 1.82) is 0 Å². The zero-order chi connectivity index (χ0) is 18.0. The number of nitrogens with one attached hydrogen (secondary N) is 2. The number of amides is 1. The summed E-state index contributed by atoms with van der Waals surface area (Å²) in [5, 5.41) is 6.48. The monoisotopic (exact) mass is 424 g/mol. The van der Waals surface area contributed by atoms with Gasteiger partial charge in [-0.15, -0.1) is 35.5 Å². The molecular formula is C20H25ClN2O2S2. The minimum atomic E-state index is -0.172. The van der Waals surface area contributed by atoms with Gasteiger partial charge in [0, 0.05) is 16.3 Å². The molecule has 146 valence electrons. The highest BCUT2D eigenvalue weighted by atomic mass is 35.5. The zero-order valence-electron chi connectivity index (χ0n) is 15.4. The van der Waals surface area contributed by atoms with Crippen LogP contribution in [0.1, 0.15) is 38.5 Å². The fourth-order valence-electron chi connectivity index (χ4n) is 3.79. The van der Waals surface area contributed by atoms with Crippen LogP contribution in [-0.4, -0.2) is 31.9 Å². The Balaban J connectivity index is 0.00000210. The summed E-state index contributed by atoms with van der Waals surface area (Å²) in [5.41, 5.74) is 2.26. The third-order valence-electron chi connectivity index (χ3n) is 5.19. The Hall–Kier alpha value is -1.05. The van der Waals surface area contributed by atoms with Gasteiger partial charge in [0.25, 0.3) is 5.91 Å². The number of piperidine rings is 1. The SMILES string of the molecule is CSc1cccc(CNC(=O)c2cc3c(s2)C2(CCNCC2)OCC3)c1.Cl. The number of rotatable bonds is 4. The van der Waals surface area contributed by atoms with Crippen LogP contribution in [-0.2, 0) is 23.3 Å². The molecule has 0 saturated carbocycles. The minimum Gasteiger partial charge on any atom is -0.369 e. The van der Waals surface area contributed by atoms with Gasteiger partial charge in [0.05, 0.1) is 11.5 Å². The van der Waals surface area contributed by atoms with E-state index in [2.05, 4.69) is 41.2 Å². The second-order valence-corrected chi connectivity index (χ2v) is 8.77.